The maximum absolute atomic E-state index is 4.31. The lowest BCUT2D eigenvalue weighted by molar-refractivity contribution is 0.250. The van der Waals surface area contributed by atoms with Crippen LogP contribution in [-0.4, -0.2) is 37.3 Å². The van der Waals surface area contributed by atoms with Crippen LogP contribution in [0.5, 0.6) is 0 Å². The lowest BCUT2D eigenvalue weighted by atomic mass is 10.1. The topological polar surface area (TPSA) is 30.9 Å². The summed E-state index contributed by atoms with van der Waals surface area (Å²) in [6.07, 6.45) is 1.86. The van der Waals surface area contributed by atoms with E-state index in [1.807, 2.05) is 36.5 Å². The van der Waals surface area contributed by atoms with Gasteiger partial charge in [0.2, 0.25) is 0 Å². The Bertz CT molecular complexity index is 867. The molecule has 0 atom stereocenters. The van der Waals surface area contributed by atoms with Crippen LogP contribution < -0.4 is 10.3 Å². The van der Waals surface area contributed by atoms with Crippen LogP contribution in [0.2, 0.25) is 0 Å². The van der Waals surface area contributed by atoms with Crippen molar-refractivity contribution in [3.8, 4) is 0 Å². The smallest absolute Gasteiger partial charge is 0.0561 e. The normalized spacial score (nSPS) is 15.1. The van der Waals surface area contributed by atoms with Crippen molar-refractivity contribution >= 4 is 17.6 Å². The number of benzene rings is 3. The monoisotopic (exact) mass is 370 g/mol. The number of hydrazone groups is 1. The van der Waals surface area contributed by atoms with Crippen molar-refractivity contribution in [2.24, 2.45) is 5.10 Å². The molecule has 1 fully saturated rings. The fraction of sp³-hybridized carbons (Fsp3) is 0.208. The van der Waals surface area contributed by atoms with E-state index in [0.717, 1.165) is 44.0 Å². The molecule has 1 aliphatic heterocycles. The van der Waals surface area contributed by atoms with Crippen molar-refractivity contribution in [2.75, 3.05) is 36.5 Å². The Morgan fingerprint density at radius 1 is 0.750 bits per heavy atom. The molecule has 0 spiro atoms. The molecule has 0 aliphatic carbocycles. The molecule has 0 saturated carbocycles. The van der Waals surface area contributed by atoms with Crippen molar-refractivity contribution in [1.82, 2.24) is 4.90 Å². The van der Waals surface area contributed by atoms with Gasteiger partial charge in [0, 0.05) is 38.4 Å². The predicted octanol–water partition coefficient (Wildman–Crippen LogP) is 4.45. The van der Waals surface area contributed by atoms with Gasteiger partial charge in [0.15, 0.2) is 0 Å². The van der Waals surface area contributed by atoms with Crippen LogP contribution in [0, 0.1) is 0 Å². The first-order valence-corrected chi connectivity index (χ1v) is 9.82. The largest absolute Gasteiger partial charge is 0.369 e. The fourth-order valence-corrected chi connectivity index (χ4v) is 3.47. The quantitative estimate of drug-likeness (QED) is 0.514. The van der Waals surface area contributed by atoms with Crippen LogP contribution in [0.3, 0.4) is 0 Å². The lowest BCUT2D eigenvalue weighted by Gasteiger charge is -2.36. The average Bonchev–Trinajstić information content (AvgIpc) is 2.76. The molecule has 0 amide bonds. The highest BCUT2D eigenvalue weighted by Crippen LogP contribution is 2.18. The molecule has 1 saturated heterocycles. The zero-order valence-corrected chi connectivity index (χ0v) is 16.0. The Kier molecular flexibility index (Phi) is 6.00. The first kappa shape index (κ1) is 18.3. The summed E-state index contributed by atoms with van der Waals surface area (Å²) in [6, 6.07) is 29.3. The van der Waals surface area contributed by atoms with Gasteiger partial charge in [0.05, 0.1) is 11.9 Å². The molecule has 4 nitrogen and oxygen atoms in total. The van der Waals surface area contributed by atoms with Crippen LogP contribution in [0.15, 0.2) is 90.0 Å². The van der Waals surface area contributed by atoms with Gasteiger partial charge in [0.25, 0.3) is 0 Å². The van der Waals surface area contributed by atoms with Gasteiger partial charge in [0.1, 0.15) is 0 Å². The summed E-state index contributed by atoms with van der Waals surface area (Å²) in [4.78, 5) is 4.99. The summed E-state index contributed by atoms with van der Waals surface area (Å²) in [5, 5.41) is 4.31. The second-order valence-corrected chi connectivity index (χ2v) is 7.08. The first-order valence-electron chi connectivity index (χ1n) is 9.82. The molecular formula is C24H26N4. The molecule has 0 bridgehead atoms. The van der Waals surface area contributed by atoms with E-state index in [9.17, 15) is 0 Å². The Labute approximate surface area is 167 Å². The highest BCUT2D eigenvalue weighted by molar-refractivity contribution is 5.81. The van der Waals surface area contributed by atoms with E-state index in [4.69, 9.17) is 0 Å². The van der Waals surface area contributed by atoms with Gasteiger partial charge < -0.3 is 4.90 Å². The van der Waals surface area contributed by atoms with E-state index < -0.39 is 0 Å². The minimum Gasteiger partial charge on any atom is -0.369 e. The number of hydrogen-bond donors (Lipinski definition) is 1. The highest BCUT2D eigenvalue weighted by atomic mass is 15.3. The Morgan fingerprint density at radius 2 is 1.39 bits per heavy atom. The molecular weight excluding hydrogens is 344 g/mol. The molecule has 1 heterocycles. The van der Waals surface area contributed by atoms with Gasteiger partial charge in [-0.05, 0) is 35.4 Å². The lowest BCUT2D eigenvalue weighted by Crippen LogP contribution is -2.45. The number of hydrogen-bond acceptors (Lipinski definition) is 4. The summed E-state index contributed by atoms with van der Waals surface area (Å²) in [7, 11) is 0. The van der Waals surface area contributed by atoms with E-state index in [1.54, 1.807) is 0 Å². The molecule has 3 aromatic carbocycles. The molecule has 0 unspecified atom stereocenters. The summed E-state index contributed by atoms with van der Waals surface area (Å²) < 4.78 is 0. The zero-order chi connectivity index (χ0) is 19.0. The van der Waals surface area contributed by atoms with Crippen LogP contribution >= 0.6 is 0 Å². The van der Waals surface area contributed by atoms with Gasteiger partial charge in [-0.2, -0.15) is 5.10 Å². The van der Waals surface area contributed by atoms with Crippen LogP contribution in [0.4, 0.5) is 11.4 Å². The third kappa shape index (κ3) is 4.99. The van der Waals surface area contributed by atoms with Gasteiger partial charge >= 0.3 is 0 Å². The van der Waals surface area contributed by atoms with E-state index >= 15 is 0 Å². The van der Waals surface area contributed by atoms with Crippen LogP contribution in [0.1, 0.15) is 11.1 Å². The molecule has 0 radical (unpaired) electrons. The summed E-state index contributed by atoms with van der Waals surface area (Å²) >= 11 is 0. The predicted molar refractivity (Wildman–Crippen MR) is 118 cm³/mol. The number of nitrogens with zero attached hydrogens (tertiary/aromatic N) is 3. The molecule has 3 aromatic rings. The third-order valence-corrected chi connectivity index (χ3v) is 5.06. The number of para-hydroxylation sites is 1. The average molecular weight is 371 g/mol. The minimum absolute atomic E-state index is 0.990. The third-order valence-electron chi connectivity index (χ3n) is 5.06. The van der Waals surface area contributed by atoms with Crippen molar-refractivity contribution in [3.63, 3.8) is 0 Å². The molecule has 0 aromatic heterocycles. The number of piperazine rings is 1. The van der Waals surface area contributed by atoms with Gasteiger partial charge in [-0.25, -0.2) is 0 Å². The van der Waals surface area contributed by atoms with E-state index in [1.165, 1.54) is 11.3 Å². The second kappa shape index (κ2) is 9.20. The number of nitrogens with one attached hydrogen (secondary N) is 1. The van der Waals surface area contributed by atoms with Crippen molar-refractivity contribution in [1.29, 1.82) is 0 Å². The van der Waals surface area contributed by atoms with E-state index in [-0.39, 0.29) is 0 Å². The Morgan fingerprint density at radius 3 is 2.07 bits per heavy atom. The molecule has 4 heteroatoms. The highest BCUT2D eigenvalue weighted by Gasteiger charge is 2.17. The van der Waals surface area contributed by atoms with E-state index in [0.29, 0.717) is 0 Å². The van der Waals surface area contributed by atoms with Gasteiger partial charge in [-0.3, -0.25) is 10.3 Å². The maximum atomic E-state index is 4.31. The zero-order valence-electron chi connectivity index (χ0n) is 16.0. The van der Waals surface area contributed by atoms with Crippen molar-refractivity contribution in [3.05, 3.63) is 96.1 Å². The fourth-order valence-electron chi connectivity index (χ4n) is 3.47. The Hall–Kier alpha value is -3.11. The van der Waals surface area contributed by atoms with Gasteiger partial charge in [-0.1, -0.05) is 60.7 Å². The molecule has 1 N–H and O–H groups in total. The second-order valence-electron chi connectivity index (χ2n) is 7.08. The maximum Gasteiger partial charge on any atom is 0.0561 e. The Balaban J connectivity index is 1.27. The summed E-state index contributed by atoms with van der Waals surface area (Å²) in [5.41, 5.74) is 7.81. The standard InChI is InChI=1S/C24H26N4/c1-3-7-22(8-4-1)20-27-15-17-28(18-16-27)24-13-11-21(12-14-24)19-25-26-23-9-5-2-6-10-23/h1-14,19,26H,15-18,20H2. The molecule has 28 heavy (non-hydrogen) atoms. The number of anilines is 2. The van der Waals surface area contributed by atoms with Crippen LogP contribution in [-0.2, 0) is 6.54 Å². The molecule has 4 rings (SSSR count). The van der Waals surface area contributed by atoms with E-state index in [2.05, 4.69) is 74.9 Å². The molecule has 1 aliphatic rings. The number of rotatable bonds is 6. The van der Waals surface area contributed by atoms with Crippen molar-refractivity contribution < 1.29 is 0 Å². The first-order chi connectivity index (χ1) is 13.9. The SMILES string of the molecule is C(=NNc1ccccc1)c1ccc(N2CCN(Cc3ccccc3)CC2)cc1. The summed E-state index contributed by atoms with van der Waals surface area (Å²) in [6.45, 7) is 5.36. The van der Waals surface area contributed by atoms with Crippen molar-refractivity contribution in [2.45, 2.75) is 6.54 Å². The van der Waals surface area contributed by atoms with Gasteiger partial charge in [-0.15, -0.1) is 0 Å². The molecule has 142 valence electrons. The minimum atomic E-state index is 0.990. The van der Waals surface area contributed by atoms with Crippen LogP contribution in [0.25, 0.3) is 0 Å². The summed E-state index contributed by atoms with van der Waals surface area (Å²) in [5.74, 6) is 0.